The lowest BCUT2D eigenvalue weighted by molar-refractivity contribution is 0.100. The van der Waals surface area contributed by atoms with Crippen molar-refractivity contribution in [2.75, 3.05) is 0 Å². The molecule has 0 fully saturated rings. The highest BCUT2D eigenvalue weighted by Gasteiger charge is 2.10. The number of amides is 1. The quantitative estimate of drug-likeness (QED) is 0.791. The summed E-state index contributed by atoms with van der Waals surface area (Å²) in [5.41, 5.74) is 6.27. The van der Waals surface area contributed by atoms with Gasteiger partial charge in [-0.1, -0.05) is 13.8 Å². The Kier molecular flexibility index (Phi) is 2.15. The van der Waals surface area contributed by atoms with Gasteiger partial charge in [-0.15, -0.1) is 10.2 Å². The van der Waals surface area contributed by atoms with Gasteiger partial charge in [0, 0.05) is 17.7 Å². The van der Waals surface area contributed by atoms with Gasteiger partial charge in [-0.25, -0.2) is 0 Å². The predicted molar refractivity (Wildman–Crippen MR) is 55.6 cm³/mol. The predicted octanol–water partition coefficient (Wildman–Crippen LogP) is 0.952. The van der Waals surface area contributed by atoms with Crippen molar-refractivity contribution in [1.82, 2.24) is 14.6 Å². The summed E-state index contributed by atoms with van der Waals surface area (Å²) < 4.78 is 1.86. The zero-order chi connectivity index (χ0) is 11.0. The Bertz CT molecular complexity index is 515. The molecule has 1 amide bonds. The lowest BCUT2D eigenvalue weighted by Crippen LogP contribution is -2.11. The van der Waals surface area contributed by atoms with E-state index in [1.54, 1.807) is 18.3 Å². The van der Waals surface area contributed by atoms with E-state index < -0.39 is 5.91 Å². The summed E-state index contributed by atoms with van der Waals surface area (Å²) in [5, 5.41) is 8.04. The number of aromatic nitrogens is 3. The molecule has 78 valence electrons. The van der Waals surface area contributed by atoms with Crippen LogP contribution in [0.15, 0.2) is 18.3 Å². The summed E-state index contributed by atoms with van der Waals surface area (Å²) in [7, 11) is 0. The third-order valence-electron chi connectivity index (χ3n) is 2.24. The van der Waals surface area contributed by atoms with Crippen LogP contribution in [0.4, 0.5) is 0 Å². The summed E-state index contributed by atoms with van der Waals surface area (Å²) in [4.78, 5) is 11.0. The van der Waals surface area contributed by atoms with E-state index >= 15 is 0 Å². The number of carbonyl (C=O) groups is 1. The van der Waals surface area contributed by atoms with Crippen molar-refractivity contribution in [3.63, 3.8) is 0 Å². The highest BCUT2D eigenvalue weighted by Crippen LogP contribution is 2.14. The van der Waals surface area contributed by atoms with E-state index in [1.165, 1.54) is 0 Å². The van der Waals surface area contributed by atoms with Crippen LogP contribution in [-0.2, 0) is 0 Å². The number of carbonyl (C=O) groups excluding carboxylic acids is 1. The molecule has 0 atom stereocenters. The Balaban J connectivity index is 2.61. The zero-order valence-electron chi connectivity index (χ0n) is 8.64. The maximum absolute atomic E-state index is 11.0. The number of nitrogens with zero attached hydrogens (tertiary/aromatic N) is 3. The molecule has 0 spiro atoms. The summed E-state index contributed by atoms with van der Waals surface area (Å²) in [6.45, 7) is 4.08. The molecule has 0 bridgehead atoms. The van der Waals surface area contributed by atoms with Crippen molar-refractivity contribution in [3.05, 3.63) is 29.7 Å². The molecule has 0 aliphatic carbocycles. The average Bonchev–Trinajstić information content (AvgIpc) is 2.59. The van der Waals surface area contributed by atoms with Crippen LogP contribution in [0.5, 0.6) is 0 Å². The molecule has 0 saturated carbocycles. The van der Waals surface area contributed by atoms with Crippen molar-refractivity contribution >= 4 is 11.6 Å². The first kappa shape index (κ1) is 9.64. The first-order valence-corrected chi connectivity index (χ1v) is 4.74. The number of nitrogens with two attached hydrogens (primary N) is 1. The minimum Gasteiger partial charge on any atom is -0.366 e. The van der Waals surface area contributed by atoms with Crippen LogP contribution in [0.2, 0.25) is 0 Å². The molecule has 2 aromatic rings. The van der Waals surface area contributed by atoms with Crippen LogP contribution in [0.25, 0.3) is 5.65 Å². The second kappa shape index (κ2) is 3.34. The Hall–Kier alpha value is -1.91. The smallest absolute Gasteiger partial charge is 0.248 e. The first-order chi connectivity index (χ1) is 7.09. The molecular formula is C10H12N4O. The maximum atomic E-state index is 11.0. The second-order valence-corrected chi connectivity index (χ2v) is 3.72. The fourth-order valence-electron chi connectivity index (χ4n) is 1.46. The molecule has 0 radical (unpaired) electrons. The van der Waals surface area contributed by atoms with Crippen molar-refractivity contribution in [2.45, 2.75) is 19.8 Å². The highest BCUT2D eigenvalue weighted by atomic mass is 16.1. The molecule has 5 heteroatoms. The van der Waals surface area contributed by atoms with Gasteiger partial charge in [0.1, 0.15) is 5.82 Å². The van der Waals surface area contributed by atoms with E-state index in [2.05, 4.69) is 10.2 Å². The number of primary amides is 1. The molecule has 2 N–H and O–H groups in total. The van der Waals surface area contributed by atoms with Crippen molar-refractivity contribution in [3.8, 4) is 0 Å². The zero-order valence-corrected chi connectivity index (χ0v) is 8.64. The number of hydrogen-bond acceptors (Lipinski definition) is 3. The van der Waals surface area contributed by atoms with Crippen LogP contribution < -0.4 is 5.73 Å². The molecule has 0 aliphatic heterocycles. The highest BCUT2D eigenvalue weighted by molar-refractivity contribution is 5.93. The van der Waals surface area contributed by atoms with Gasteiger partial charge in [0.2, 0.25) is 5.91 Å². The van der Waals surface area contributed by atoms with Crippen LogP contribution in [0, 0.1) is 0 Å². The molecule has 0 aliphatic rings. The van der Waals surface area contributed by atoms with E-state index in [0.717, 1.165) is 5.82 Å². The van der Waals surface area contributed by atoms with Crippen LogP contribution >= 0.6 is 0 Å². The lowest BCUT2D eigenvalue weighted by Gasteiger charge is -2.02. The topological polar surface area (TPSA) is 73.3 Å². The van der Waals surface area contributed by atoms with E-state index in [4.69, 9.17) is 5.73 Å². The molecular weight excluding hydrogens is 192 g/mol. The normalized spacial score (nSPS) is 11.1. The summed E-state index contributed by atoms with van der Waals surface area (Å²) >= 11 is 0. The monoisotopic (exact) mass is 204 g/mol. The Morgan fingerprint density at radius 3 is 2.80 bits per heavy atom. The third kappa shape index (κ3) is 1.56. The molecule has 0 saturated heterocycles. The molecule has 2 rings (SSSR count). The Morgan fingerprint density at radius 2 is 2.20 bits per heavy atom. The maximum Gasteiger partial charge on any atom is 0.248 e. The van der Waals surface area contributed by atoms with Gasteiger partial charge < -0.3 is 5.73 Å². The second-order valence-electron chi connectivity index (χ2n) is 3.72. The molecule has 0 aromatic carbocycles. The largest absolute Gasteiger partial charge is 0.366 e. The number of pyridine rings is 1. The molecule has 0 unspecified atom stereocenters. The average molecular weight is 204 g/mol. The first-order valence-electron chi connectivity index (χ1n) is 4.74. The molecule has 15 heavy (non-hydrogen) atoms. The number of rotatable bonds is 2. The van der Waals surface area contributed by atoms with Crippen LogP contribution in [0.3, 0.4) is 0 Å². The van der Waals surface area contributed by atoms with Gasteiger partial charge in [-0.2, -0.15) is 0 Å². The minimum atomic E-state index is -0.452. The Morgan fingerprint density at radius 1 is 1.47 bits per heavy atom. The van der Waals surface area contributed by atoms with Gasteiger partial charge in [-0.05, 0) is 12.1 Å². The van der Waals surface area contributed by atoms with E-state index in [0.29, 0.717) is 17.1 Å². The van der Waals surface area contributed by atoms with Gasteiger partial charge in [0.15, 0.2) is 5.65 Å². The molecule has 5 nitrogen and oxygen atoms in total. The fraction of sp³-hybridized carbons (Fsp3) is 0.300. The van der Waals surface area contributed by atoms with E-state index in [-0.39, 0.29) is 0 Å². The summed E-state index contributed by atoms with van der Waals surface area (Å²) in [6, 6.07) is 3.31. The van der Waals surface area contributed by atoms with Gasteiger partial charge in [-0.3, -0.25) is 9.20 Å². The third-order valence-corrected chi connectivity index (χ3v) is 2.24. The van der Waals surface area contributed by atoms with Crippen LogP contribution in [0.1, 0.15) is 35.9 Å². The molecule has 2 heterocycles. The van der Waals surface area contributed by atoms with Crippen molar-refractivity contribution < 1.29 is 4.79 Å². The number of fused-ring (bicyclic) bond motifs is 1. The summed E-state index contributed by atoms with van der Waals surface area (Å²) in [5.74, 6) is 0.715. The fourth-order valence-corrected chi connectivity index (χ4v) is 1.46. The van der Waals surface area contributed by atoms with Gasteiger partial charge in [0.05, 0.1) is 0 Å². The van der Waals surface area contributed by atoms with Crippen molar-refractivity contribution in [2.24, 2.45) is 5.73 Å². The van der Waals surface area contributed by atoms with E-state index in [1.807, 2.05) is 18.2 Å². The summed E-state index contributed by atoms with van der Waals surface area (Å²) in [6.07, 6.45) is 1.77. The lowest BCUT2D eigenvalue weighted by atomic mass is 10.2. The van der Waals surface area contributed by atoms with Crippen LogP contribution in [-0.4, -0.2) is 20.5 Å². The SMILES string of the molecule is CC(C)c1nnc2cc(C(N)=O)ccn12. The number of hydrogen-bond donors (Lipinski definition) is 1. The standard InChI is InChI=1S/C10H12N4O/c1-6(2)10-13-12-8-5-7(9(11)15)3-4-14(8)10/h3-6H,1-2H3,(H2,11,15). The Labute approximate surface area is 86.9 Å². The van der Waals surface area contributed by atoms with E-state index in [9.17, 15) is 4.79 Å². The van der Waals surface area contributed by atoms with Gasteiger partial charge >= 0.3 is 0 Å². The molecule has 2 aromatic heterocycles. The minimum absolute atomic E-state index is 0.291. The van der Waals surface area contributed by atoms with Gasteiger partial charge in [0.25, 0.3) is 0 Å². The van der Waals surface area contributed by atoms with Crippen molar-refractivity contribution in [1.29, 1.82) is 0 Å².